The van der Waals surface area contributed by atoms with Gasteiger partial charge in [-0.3, -0.25) is 4.99 Å². The summed E-state index contributed by atoms with van der Waals surface area (Å²) in [5, 5.41) is 4.35. The van der Waals surface area contributed by atoms with Crippen molar-refractivity contribution in [1.82, 2.24) is 5.32 Å². The molecule has 2 heterocycles. The molecule has 0 atom stereocenters. The zero-order valence-electron chi connectivity index (χ0n) is 14.6. The second kappa shape index (κ2) is 6.40. The Balaban J connectivity index is 1.59. The van der Waals surface area contributed by atoms with Crippen LogP contribution in [0, 0.1) is 5.82 Å². The maximum absolute atomic E-state index is 13.2. The quantitative estimate of drug-likeness (QED) is 0.544. The molecule has 1 aliphatic rings. The molecular weight excluding hydrogens is 339 g/mol. The van der Waals surface area contributed by atoms with Gasteiger partial charge in [-0.2, -0.15) is 0 Å². The molecule has 0 radical (unpaired) electrons. The van der Waals surface area contributed by atoms with Crippen molar-refractivity contribution < 1.29 is 8.81 Å². The second-order valence-electron chi connectivity index (χ2n) is 6.57. The summed E-state index contributed by atoms with van der Waals surface area (Å²) in [6.45, 7) is 1.66. The molecule has 4 aromatic rings. The van der Waals surface area contributed by atoms with E-state index < -0.39 is 0 Å². The number of benzene rings is 3. The predicted molar refractivity (Wildman–Crippen MR) is 106 cm³/mol. The molecule has 0 saturated heterocycles. The molecule has 0 saturated carbocycles. The average Bonchev–Trinajstić information content (AvgIpc) is 3.38. The first-order chi connectivity index (χ1) is 13.3. The summed E-state index contributed by atoms with van der Waals surface area (Å²) < 4.78 is 19.3. The number of fused-ring (bicyclic) bond motifs is 1. The lowest BCUT2D eigenvalue weighted by molar-refractivity contribution is 0.628. The molecule has 0 unspecified atom stereocenters. The van der Waals surface area contributed by atoms with E-state index in [0.29, 0.717) is 0 Å². The van der Waals surface area contributed by atoms with Gasteiger partial charge in [0.25, 0.3) is 0 Å². The Morgan fingerprint density at radius 2 is 1.63 bits per heavy atom. The number of halogens is 1. The van der Waals surface area contributed by atoms with Crippen LogP contribution in [0.15, 0.2) is 82.2 Å². The van der Waals surface area contributed by atoms with Gasteiger partial charge in [0.05, 0.1) is 6.54 Å². The van der Waals surface area contributed by atoms with Gasteiger partial charge in [-0.1, -0.05) is 42.5 Å². The van der Waals surface area contributed by atoms with Crippen LogP contribution in [-0.2, 0) is 0 Å². The molecule has 0 spiro atoms. The minimum Gasteiger partial charge on any atom is -0.456 e. The number of nitrogens with zero attached hydrogens (tertiary/aromatic N) is 1. The van der Waals surface area contributed by atoms with E-state index in [9.17, 15) is 4.39 Å². The first kappa shape index (κ1) is 15.8. The molecule has 0 fully saturated rings. The minimum atomic E-state index is -0.231. The molecule has 0 aliphatic carbocycles. The number of nitrogens with one attached hydrogen (secondary N) is 1. The van der Waals surface area contributed by atoms with Crippen molar-refractivity contribution in [2.45, 2.75) is 0 Å². The van der Waals surface area contributed by atoms with E-state index in [1.807, 2.05) is 24.3 Å². The van der Waals surface area contributed by atoms with Gasteiger partial charge < -0.3 is 9.73 Å². The fourth-order valence-corrected chi connectivity index (χ4v) is 3.48. The van der Waals surface area contributed by atoms with Gasteiger partial charge in [-0.25, -0.2) is 4.39 Å². The summed E-state index contributed by atoms with van der Waals surface area (Å²) in [6, 6.07) is 22.7. The van der Waals surface area contributed by atoms with Crippen LogP contribution in [-0.4, -0.2) is 18.9 Å². The Morgan fingerprint density at radius 3 is 2.41 bits per heavy atom. The van der Waals surface area contributed by atoms with Crippen LogP contribution in [0.4, 0.5) is 4.39 Å². The number of rotatable bonds is 3. The Labute approximate surface area is 156 Å². The fraction of sp³-hybridized carbons (Fsp3) is 0.0870. The highest BCUT2D eigenvalue weighted by atomic mass is 19.1. The number of hydrogen-bond donors (Lipinski definition) is 1. The summed E-state index contributed by atoms with van der Waals surface area (Å²) in [5.41, 5.74) is 4.90. The highest BCUT2D eigenvalue weighted by Gasteiger charge is 2.16. The molecule has 3 nitrogen and oxygen atoms in total. The predicted octanol–water partition coefficient (Wildman–Crippen LogP) is 5.26. The van der Waals surface area contributed by atoms with Crippen molar-refractivity contribution in [2.24, 2.45) is 4.99 Å². The molecule has 1 N–H and O–H groups in total. The fourth-order valence-electron chi connectivity index (χ4n) is 3.48. The molecular formula is C23H17FN2O. The van der Waals surface area contributed by atoms with Crippen LogP contribution >= 0.6 is 0 Å². The van der Waals surface area contributed by atoms with Gasteiger partial charge in [0.2, 0.25) is 0 Å². The van der Waals surface area contributed by atoms with E-state index in [2.05, 4.69) is 34.6 Å². The topological polar surface area (TPSA) is 37.5 Å². The van der Waals surface area contributed by atoms with Crippen LogP contribution in [0.3, 0.4) is 0 Å². The molecule has 0 amide bonds. The van der Waals surface area contributed by atoms with E-state index in [4.69, 9.17) is 4.42 Å². The van der Waals surface area contributed by atoms with Crippen molar-refractivity contribution in [1.29, 1.82) is 0 Å². The van der Waals surface area contributed by atoms with Gasteiger partial charge >= 0.3 is 0 Å². The Bertz CT molecular complexity index is 1160. The second-order valence-corrected chi connectivity index (χ2v) is 6.57. The van der Waals surface area contributed by atoms with Crippen molar-refractivity contribution in [3.63, 3.8) is 0 Å². The van der Waals surface area contributed by atoms with Gasteiger partial charge in [0.15, 0.2) is 0 Å². The maximum atomic E-state index is 13.2. The van der Waals surface area contributed by atoms with Crippen LogP contribution in [0.2, 0.25) is 0 Å². The number of hydrogen-bond acceptors (Lipinski definition) is 3. The SMILES string of the molecule is Fc1ccc(-c2ccc3oc(-c4ccccc4C4=NCCN4)cc3c2)cc1. The summed E-state index contributed by atoms with van der Waals surface area (Å²) in [7, 11) is 0. The normalized spacial score (nSPS) is 13.6. The third-order valence-electron chi connectivity index (χ3n) is 4.82. The van der Waals surface area contributed by atoms with Crippen molar-refractivity contribution >= 4 is 16.8 Å². The van der Waals surface area contributed by atoms with E-state index in [-0.39, 0.29) is 5.82 Å². The van der Waals surface area contributed by atoms with Crippen LogP contribution in [0.1, 0.15) is 5.56 Å². The van der Waals surface area contributed by atoms with E-state index >= 15 is 0 Å². The van der Waals surface area contributed by atoms with Crippen LogP contribution in [0.5, 0.6) is 0 Å². The molecule has 1 aliphatic heterocycles. The lowest BCUT2D eigenvalue weighted by Crippen LogP contribution is -2.20. The standard InChI is InChI=1S/C23H17FN2O/c24-18-8-5-15(6-9-18)16-7-10-21-17(13-16)14-22(27-21)19-3-1-2-4-20(19)23-25-11-12-26-23/h1-10,13-14H,11-12H2,(H,25,26). The molecule has 4 heteroatoms. The van der Waals surface area contributed by atoms with Crippen molar-refractivity contribution in [2.75, 3.05) is 13.1 Å². The summed E-state index contributed by atoms with van der Waals surface area (Å²) >= 11 is 0. The zero-order valence-corrected chi connectivity index (χ0v) is 14.6. The molecule has 3 aromatic carbocycles. The van der Waals surface area contributed by atoms with Crippen LogP contribution < -0.4 is 5.32 Å². The first-order valence-electron chi connectivity index (χ1n) is 8.95. The summed E-state index contributed by atoms with van der Waals surface area (Å²) in [5.74, 6) is 1.50. The molecule has 1 aromatic heterocycles. The van der Waals surface area contributed by atoms with E-state index in [0.717, 1.165) is 57.9 Å². The highest BCUT2D eigenvalue weighted by Crippen LogP contribution is 2.33. The van der Waals surface area contributed by atoms with Crippen molar-refractivity contribution in [3.05, 3.63) is 84.2 Å². The largest absolute Gasteiger partial charge is 0.456 e. The van der Waals surface area contributed by atoms with E-state index in [1.54, 1.807) is 12.1 Å². The Hall–Kier alpha value is -3.40. The molecule has 132 valence electrons. The highest BCUT2D eigenvalue weighted by molar-refractivity contribution is 6.05. The van der Waals surface area contributed by atoms with Crippen LogP contribution in [0.25, 0.3) is 33.4 Å². The number of amidine groups is 1. The molecule has 27 heavy (non-hydrogen) atoms. The smallest absolute Gasteiger partial charge is 0.136 e. The first-order valence-corrected chi connectivity index (χ1v) is 8.95. The third-order valence-corrected chi connectivity index (χ3v) is 4.82. The number of aliphatic imine (C=N–C) groups is 1. The average molecular weight is 356 g/mol. The van der Waals surface area contributed by atoms with Crippen molar-refractivity contribution in [3.8, 4) is 22.5 Å². The lowest BCUT2D eigenvalue weighted by atomic mass is 10.0. The molecule has 5 rings (SSSR count). The summed E-state index contributed by atoms with van der Waals surface area (Å²) in [4.78, 5) is 4.54. The molecule has 0 bridgehead atoms. The van der Waals surface area contributed by atoms with Gasteiger partial charge in [-0.15, -0.1) is 0 Å². The van der Waals surface area contributed by atoms with Gasteiger partial charge in [0, 0.05) is 23.1 Å². The third kappa shape index (κ3) is 2.89. The Morgan fingerprint density at radius 1 is 0.852 bits per heavy atom. The lowest BCUT2D eigenvalue weighted by Gasteiger charge is -2.07. The van der Waals surface area contributed by atoms with Gasteiger partial charge in [0.1, 0.15) is 23.0 Å². The minimum absolute atomic E-state index is 0.231. The van der Waals surface area contributed by atoms with Gasteiger partial charge in [-0.05, 0) is 41.5 Å². The Kier molecular flexibility index (Phi) is 3.75. The zero-order chi connectivity index (χ0) is 18.2. The summed E-state index contributed by atoms with van der Waals surface area (Å²) in [6.07, 6.45) is 0. The number of furan rings is 1. The monoisotopic (exact) mass is 356 g/mol. The maximum Gasteiger partial charge on any atom is 0.136 e. The van der Waals surface area contributed by atoms with E-state index in [1.165, 1.54) is 12.1 Å².